The molecule has 0 bridgehead atoms. The second-order valence-corrected chi connectivity index (χ2v) is 9.56. The Morgan fingerprint density at radius 1 is 0.914 bits per heavy atom. The lowest BCUT2D eigenvalue weighted by Crippen LogP contribution is -2.42. The maximum atomic E-state index is 12.6. The van der Waals surface area contributed by atoms with E-state index in [0.717, 1.165) is 49.4 Å². The molecule has 1 amide bonds. The fourth-order valence-electron chi connectivity index (χ4n) is 4.88. The van der Waals surface area contributed by atoms with E-state index >= 15 is 0 Å². The summed E-state index contributed by atoms with van der Waals surface area (Å²) in [5, 5.41) is 22.2. The van der Waals surface area contributed by atoms with Gasteiger partial charge in [0.2, 0.25) is 5.91 Å². The summed E-state index contributed by atoms with van der Waals surface area (Å²) in [5.41, 5.74) is 4.17. The quantitative estimate of drug-likeness (QED) is 0.547. The van der Waals surface area contributed by atoms with E-state index in [9.17, 15) is 9.90 Å². The van der Waals surface area contributed by atoms with Gasteiger partial charge in [0.15, 0.2) is 0 Å². The van der Waals surface area contributed by atoms with Crippen molar-refractivity contribution in [1.82, 2.24) is 25.2 Å². The lowest BCUT2D eigenvalue weighted by Gasteiger charge is -2.34. The monoisotopic (exact) mass is 474 g/mol. The van der Waals surface area contributed by atoms with Crippen LogP contribution in [0, 0.1) is 0 Å². The molecule has 1 aromatic heterocycles. The van der Waals surface area contributed by atoms with E-state index in [1.54, 1.807) is 4.80 Å². The Bertz CT molecular complexity index is 1080. The number of aliphatic hydroxyl groups excluding tert-OH is 1. The number of rotatable bonds is 7. The number of nitrogens with zero attached hydrogens (tertiary/aromatic N) is 5. The summed E-state index contributed by atoms with van der Waals surface area (Å²) in [7, 11) is 0. The largest absolute Gasteiger partial charge is 0.393 e. The predicted molar refractivity (Wildman–Crippen MR) is 135 cm³/mol. The molecular weight excluding hydrogens is 440 g/mol. The minimum absolute atomic E-state index is 0.153. The molecule has 8 nitrogen and oxygen atoms in total. The summed E-state index contributed by atoms with van der Waals surface area (Å²) >= 11 is 0. The number of aliphatic hydroxyl groups is 1. The van der Waals surface area contributed by atoms with Crippen LogP contribution in [0.5, 0.6) is 0 Å². The van der Waals surface area contributed by atoms with Crippen molar-refractivity contribution in [3.63, 3.8) is 0 Å². The molecule has 0 unspecified atom stereocenters. The van der Waals surface area contributed by atoms with Crippen molar-refractivity contribution < 1.29 is 9.90 Å². The number of amides is 1. The molecule has 0 saturated carbocycles. The van der Waals surface area contributed by atoms with Crippen LogP contribution in [0.3, 0.4) is 0 Å². The van der Waals surface area contributed by atoms with Crippen molar-refractivity contribution in [1.29, 1.82) is 0 Å². The second kappa shape index (κ2) is 11.0. The van der Waals surface area contributed by atoms with Gasteiger partial charge in [-0.2, -0.15) is 15.0 Å². The highest BCUT2D eigenvalue weighted by atomic mass is 16.3. The minimum atomic E-state index is -0.256. The van der Waals surface area contributed by atoms with E-state index in [1.807, 2.05) is 41.4 Å². The van der Waals surface area contributed by atoms with Gasteiger partial charge in [0, 0.05) is 44.5 Å². The maximum absolute atomic E-state index is 12.6. The lowest BCUT2D eigenvalue weighted by molar-refractivity contribution is -0.132. The lowest BCUT2D eigenvalue weighted by atomic mass is 10.0. The molecule has 0 aliphatic carbocycles. The van der Waals surface area contributed by atoms with Crippen LogP contribution in [-0.4, -0.2) is 69.2 Å². The Hall–Kier alpha value is -3.23. The van der Waals surface area contributed by atoms with Crippen molar-refractivity contribution in [3.05, 3.63) is 72.1 Å². The Morgan fingerprint density at radius 2 is 1.63 bits per heavy atom. The van der Waals surface area contributed by atoms with Crippen LogP contribution >= 0.6 is 0 Å². The van der Waals surface area contributed by atoms with E-state index in [1.165, 1.54) is 5.69 Å². The first-order valence-electron chi connectivity index (χ1n) is 12.6. The number of piperidine rings is 2. The van der Waals surface area contributed by atoms with Gasteiger partial charge in [0.1, 0.15) is 0 Å². The second-order valence-electron chi connectivity index (χ2n) is 9.56. The van der Waals surface area contributed by atoms with E-state index in [-0.39, 0.29) is 12.0 Å². The third kappa shape index (κ3) is 6.07. The summed E-state index contributed by atoms with van der Waals surface area (Å²) < 4.78 is 0. The van der Waals surface area contributed by atoms with Crippen LogP contribution in [0.15, 0.2) is 60.8 Å². The number of carbonyl (C=O) groups excluding carboxylic acids is 1. The SMILES string of the molecule is O=C(Cc1ccc(N2CCC(NCc3cnn(-c4ccccc4)n3)CC2)cc1)N1CCC(O)CC1. The molecule has 2 N–H and O–H groups in total. The van der Waals surface area contributed by atoms with Gasteiger partial charge in [0.05, 0.1) is 30.1 Å². The Kier molecular flexibility index (Phi) is 7.39. The number of aromatic nitrogens is 3. The first-order chi connectivity index (χ1) is 17.1. The molecule has 2 fully saturated rings. The van der Waals surface area contributed by atoms with Crippen LogP contribution in [-0.2, 0) is 17.8 Å². The molecule has 2 aliphatic heterocycles. The molecule has 2 aromatic carbocycles. The third-order valence-corrected chi connectivity index (χ3v) is 7.07. The predicted octanol–water partition coefficient (Wildman–Crippen LogP) is 2.55. The number of likely N-dealkylation sites (tertiary alicyclic amines) is 1. The molecule has 0 radical (unpaired) electrons. The highest BCUT2D eigenvalue weighted by molar-refractivity contribution is 5.79. The van der Waals surface area contributed by atoms with Gasteiger partial charge < -0.3 is 20.2 Å². The average Bonchev–Trinajstić information content (AvgIpc) is 3.38. The summed E-state index contributed by atoms with van der Waals surface area (Å²) in [6.07, 6.45) is 5.52. The highest BCUT2D eigenvalue weighted by Gasteiger charge is 2.22. The van der Waals surface area contributed by atoms with Crippen LogP contribution < -0.4 is 10.2 Å². The Balaban J connectivity index is 1.06. The molecule has 3 heterocycles. The number of nitrogens with one attached hydrogen (secondary N) is 1. The topological polar surface area (TPSA) is 86.5 Å². The Labute approximate surface area is 206 Å². The molecule has 2 saturated heterocycles. The number of carbonyl (C=O) groups is 1. The zero-order chi connectivity index (χ0) is 24.0. The molecule has 0 atom stereocenters. The van der Waals surface area contributed by atoms with Crippen LogP contribution in [0.25, 0.3) is 5.69 Å². The van der Waals surface area contributed by atoms with Gasteiger partial charge in [-0.3, -0.25) is 4.79 Å². The maximum Gasteiger partial charge on any atom is 0.226 e. The fourth-order valence-corrected chi connectivity index (χ4v) is 4.88. The number of hydrogen-bond acceptors (Lipinski definition) is 6. The van der Waals surface area contributed by atoms with Crippen LogP contribution in [0.1, 0.15) is 36.9 Å². The van der Waals surface area contributed by atoms with Gasteiger partial charge in [-0.05, 0) is 55.5 Å². The summed E-state index contributed by atoms with van der Waals surface area (Å²) in [4.78, 5) is 18.5. The van der Waals surface area contributed by atoms with Crippen molar-refractivity contribution in [2.75, 3.05) is 31.1 Å². The molecule has 8 heteroatoms. The zero-order valence-electron chi connectivity index (χ0n) is 20.1. The summed E-state index contributed by atoms with van der Waals surface area (Å²) in [6.45, 7) is 4.04. The summed E-state index contributed by atoms with van der Waals surface area (Å²) in [5.74, 6) is 0.153. The van der Waals surface area contributed by atoms with Crippen molar-refractivity contribution in [2.45, 2.75) is 50.8 Å². The molecule has 184 valence electrons. The molecule has 3 aromatic rings. The van der Waals surface area contributed by atoms with Crippen LogP contribution in [0.2, 0.25) is 0 Å². The number of para-hydroxylation sites is 1. The van der Waals surface area contributed by atoms with Crippen LogP contribution in [0.4, 0.5) is 5.69 Å². The van der Waals surface area contributed by atoms with Crippen molar-refractivity contribution in [3.8, 4) is 5.69 Å². The molecule has 5 rings (SSSR count). The zero-order valence-corrected chi connectivity index (χ0v) is 20.1. The third-order valence-electron chi connectivity index (χ3n) is 7.07. The number of anilines is 1. The van der Waals surface area contributed by atoms with Gasteiger partial charge in [-0.25, -0.2) is 0 Å². The van der Waals surface area contributed by atoms with Gasteiger partial charge >= 0.3 is 0 Å². The van der Waals surface area contributed by atoms with Gasteiger partial charge in [0.25, 0.3) is 0 Å². The molecular formula is C27H34N6O2. The van der Waals surface area contributed by atoms with E-state index in [0.29, 0.717) is 38.4 Å². The van der Waals surface area contributed by atoms with Gasteiger partial charge in [-0.1, -0.05) is 30.3 Å². The highest BCUT2D eigenvalue weighted by Crippen LogP contribution is 2.21. The van der Waals surface area contributed by atoms with E-state index < -0.39 is 0 Å². The number of benzene rings is 2. The minimum Gasteiger partial charge on any atom is -0.393 e. The molecule has 35 heavy (non-hydrogen) atoms. The Morgan fingerprint density at radius 3 is 2.34 bits per heavy atom. The summed E-state index contributed by atoms with van der Waals surface area (Å²) in [6, 6.07) is 18.8. The molecule has 2 aliphatic rings. The normalized spacial score (nSPS) is 17.6. The van der Waals surface area contributed by atoms with Gasteiger partial charge in [-0.15, -0.1) is 0 Å². The molecule has 0 spiro atoms. The number of hydrogen-bond donors (Lipinski definition) is 2. The first kappa shape index (κ1) is 23.5. The fraction of sp³-hybridized carbons (Fsp3) is 0.444. The first-order valence-corrected chi connectivity index (χ1v) is 12.6. The smallest absolute Gasteiger partial charge is 0.226 e. The van der Waals surface area contributed by atoms with Crippen molar-refractivity contribution >= 4 is 11.6 Å². The average molecular weight is 475 g/mol. The standard InChI is InChI=1S/C27H34N6O2/c34-26-12-16-32(17-13-26)27(35)18-21-6-8-24(9-7-21)31-14-10-22(11-15-31)28-19-23-20-29-33(30-23)25-4-2-1-3-5-25/h1-9,20,22,26,28,34H,10-19H2. The van der Waals surface area contributed by atoms with E-state index in [2.05, 4.69) is 44.7 Å². The van der Waals surface area contributed by atoms with E-state index in [4.69, 9.17) is 0 Å². The van der Waals surface area contributed by atoms with Crippen molar-refractivity contribution in [2.24, 2.45) is 0 Å².